The first-order valence-corrected chi connectivity index (χ1v) is 15.8. The summed E-state index contributed by atoms with van der Waals surface area (Å²) in [6.07, 6.45) is 2.02. The van der Waals surface area contributed by atoms with Crippen molar-refractivity contribution in [2.45, 2.75) is 87.5 Å². The maximum absolute atomic E-state index is 12.7. The zero-order valence-corrected chi connectivity index (χ0v) is 26.5. The molecule has 13 heteroatoms. The Labute approximate surface area is 258 Å². The lowest BCUT2D eigenvalue weighted by molar-refractivity contribution is -0.121. The van der Waals surface area contributed by atoms with Gasteiger partial charge in [-0.2, -0.15) is 10.2 Å². The van der Waals surface area contributed by atoms with E-state index >= 15 is 0 Å². The average molecular weight is 623 g/mol. The molecular weight excluding hydrogens is 589 g/mol. The van der Waals surface area contributed by atoms with Crippen LogP contribution >= 0.6 is 23.5 Å². The van der Waals surface area contributed by atoms with Gasteiger partial charge in [0.15, 0.2) is 0 Å². The summed E-state index contributed by atoms with van der Waals surface area (Å²) in [4.78, 5) is 25.3. The van der Waals surface area contributed by atoms with Crippen LogP contribution in [0.15, 0.2) is 61.5 Å². The van der Waals surface area contributed by atoms with Crippen molar-refractivity contribution in [3.8, 4) is 11.5 Å². The van der Waals surface area contributed by atoms with E-state index in [0.717, 1.165) is 70.1 Å². The van der Waals surface area contributed by atoms with Crippen LogP contribution in [-0.2, 0) is 22.4 Å². The molecule has 11 nitrogen and oxygen atoms in total. The van der Waals surface area contributed by atoms with Gasteiger partial charge in [-0.1, -0.05) is 23.5 Å². The molecule has 0 aliphatic carbocycles. The van der Waals surface area contributed by atoms with Gasteiger partial charge in [-0.25, -0.2) is 10.9 Å². The first-order valence-electron chi connectivity index (χ1n) is 14.0. The van der Waals surface area contributed by atoms with Crippen LogP contribution in [0.1, 0.15) is 63.8 Å². The number of aromatic nitrogens is 2. The highest BCUT2D eigenvalue weighted by Crippen LogP contribution is 2.31. The monoisotopic (exact) mass is 622 g/mol. The second kappa shape index (κ2) is 13.2. The van der Waals surface area contributed by atoms with Crippen LogP contribution in [0.2, 0.25) is 0 Å². The van der Waals surface area contributed by atoms with Crippen molar-refractivity contribution in [1.82, 2.24) is 21.0 Å². The van der Waals surface area contributed by atoms with E-state index in [9.17, 15) is 9.59 Å². The Morgan fingerprint density at radius 1 is 0.791 bits per heavy atom. The van der Waals surface area contributed by atoms with Crippen LogP contribution in [0.3, 0.4) is 0 Å². The molecule has 2 N–H and O–H groups in total. The predicted octanol–water partition coefficient (Wildman–Crippen LogP) is 4.76. The zero-order chi connectivity index (χ0) is 30.7. The molecule has 2 amide bonds. The van der Waals surface area contributed by atoms with E-state index in [1.54, 1.807) is 13.8 Å². The van der Waals surface area contributed by atoms with Gasteiger partial charge in [-0.15, -0.1) is 10.2 Å². The third kappa shape index (κ3) is 7.57. The number of hydrogen-bond acceptors (Lipinski definition) is 11. The van der Waals surface area contributed by atoms with Crippen LogP contribution < -0.4 is 20.3 Å². The molecular formula is C30H34N6O5S2. The summed E-state index contributed by atoms with van der Waals surface area (Å²) >= 11 is 2.22. The van der Waals surface area contributed by atoms with Gasteiger partial charge in [-0.3, -0.25) is 9.59 Å². The van der Waals surface area contributed by atoms with Gasteiger partial charge >= 0.3 is 0 Å². The molecule has 0 saturated carbocycles. The maximum Gasteiger partial charge on any atom is 0.278 e. The highest BCUT2D eigenvalue weighted by atomic mass is 32.2. The maximum atomic E-state index is 12.7. The van der Waals surface area contributed by atoms with Crippen molar-refractivity contribution in [1.29, 1.82) is 0 Å². The summed E-state index contributed by atoms with van der Waals surface area (Å²) in [5.41, 5.74) is 10.7. The fourth-order valence-corrected chi connectivity index (χ4v) is 5.99. The Morgan fingerprint density at radius 2 is 1.21 bits per heavy atom. The number of nitrogens with one attached hydrogen (secondary N) is 2. The Morgan fingerprint density at radius 3 is 1.63 bits per heavy atom. The number of nitrogens with zero attached hydrogens (tertiary/aromatic N) is 4. The number of carbonyl (C=O) groups is 2. The minimum Gasteiger partial charge on any atom is -0.490 e. The van der Waals surface area contributed by atoms with Gasteiger partial charge in [0.05, 0.1) is 21.9 Å². The summed E-state index contributed by atoms with van der Waals surface area (Å²) in [7, 11) is 0. The second-order valence-corrected chi connectivity index (χ2v) is 13.2. The summed E-state index contributed by atoms with van der Waals surface area (Å²) in [6, 6.07) is 11.8. The lowest BCUT2D eigenvalue weighted by Crippen LogP contribution is -2.27. The third-order valence-corrected chi connectivity index (χ3v) is 8.85. The molecule has 3 aromatic rings. The van der Waals surface area contributed by atoms with Crippen LogP contribution in [-0.4, -0.2) is 56.1 Å². The minimum atomic E-state index is -0.545. The molecule has 5 rings (SSSR count). The highest BCUT2D eigenvalue weighted by molar-refractivity contribution is 8.01. The molecule has 2 aromatic carbocycles. The van der Waals surface area contributed by atoms with E-state index in [1.165, 1.54) is 0 Å². The van der Waals surface area contributed by atoms with Crippen LogP contribution in [0.5, 0.6) is 11.5 Å². The number of thioether (sulfide) groups is 2. The molecule has 0 spiro atoms. The summed E-state index contributed by atoms with van der Waals surface area (Å²) < 4.78 is 17.2. The van der Waals surface area contributed by atoms with Crippen molar-refractivity contribution in [3.05, 3.63) is 58.7 Å². The number of hydrogen-bond donors (Lipinski definition) is 2. The number of carbonyl (C=O) groups excluding carboxylic acids is 2. The molecule has 1 aromatic heterocycles. The van der Waals surface area contributed by atoms with E-state index in [1.807, 2.05) is 64.1 Å². The Balaban J connectivity index is 1.09. The molecule has 0 radical (unpaired) electrons. The lowest BCUT2D eigenvalue weighted by atomic mass is 10.0. The van der Waals surface area contributed by atoms with Crippen LogP contribution in [0, 0.1) is 0 Å². The van der Waals surface area contributed by atoms with Gasteiger partial charge in [0.1, 0.15) is 23.7 Å². The number of hydrazone groups is 2. The molecule has 0 fully saturated rings. The Bertz CT molecular complexity index is 1470. The SMILES string of the molecule is CC(=NNC(=O)C(C)Sc1nnc(SC(C)C(=O)NN=C(C)c2ccc3c(c2)CC(C)O3)o1)c1ccc2c(c1)CC(C)O2. The minimum absolute atomic E-state index is 0.161. The van der Waals surface area contributed by atoms with E-state index in [0.29, 0.717) is 11.4 Å². The Hall–Kier alpha value is -3.84. The van der Waals surface area contributed by atoms with Crippen molar-refractivity contribution in [2.24, 2.45) is 10.2 Å². The van der Waals surface area contributed by atoms with Gasteiger partial charge in [0, 0.05) is 12.8 Å². The summed E-state index contributed by atoms with van der Waals surface area (Å²) in [5, 5.41) is 15.9. The van der Waals surface area contributed by atoms with Crippen molar-refractivity contribution >= 4 is 46.8 Å². The highest BCUT2D eigenvalue weighted by Gasteiger charge is 2.23. The fourth-order valence-electron chi connectivity index (χ4n) is 4.58. The Kier molecular flexibility index (Phi) is 9.40. The molecule has 3 heterocycles. The third-order valence-electron chi connectivity index (χ3n) is 6.98. The van der Waals surface area contributed by atoms with Gasteiger partial charge in [0.25, 0.3) is 22.3 Å². The normalized spacial score (nSPS) is 19.1. The van der Waals surface area contributed by atoms with Crippen molar-refractivity contribution < 1.29 is 23.5 Å². The first-order chi connectivity index (χ1) is 20.5. The van der Waals surface area contributed by atoms with E-state index < -0.39 is 10.5 Å². The zero-order valence-electron chi connectivity index (χ0n) is 24.8. The molecule has 2 aliphatic heterocycles. The quantitative estimate of drug-likeness (QED) is 0.186. The number of ether oxygens (including phenoxy) is 2. The first kappa shape index (κ1) is 30.6. The van der Waals surface area contributed by atoms with E-state index in [2.05, 4.69) is 31.3 Å². The summed E-state index contributed by atoms with van der Waals surface area (Å²) in [5.74, 6) is 1.18. The number of rotatable bonds is 10. The fraction of sp³-hybridized carbons (Fsp3) is 0.400. The average Bonchev–Trinajstić information content (AvgIpc) is 3.69. The number of benzene rings is 2. The smallest absolute Gasteiger partial charge is 0.278 e. The molecule has 4 unspecified atom stereocenters. The number of fused-ring (bicyclic) bond motifs is 2. The molecule has 226 valence electrons. The van der Waals surface area contributed by atoms with E-state index in [4.69, 9.17) is 13.9 Å². The molecule has 0 bridgehead atoms. The molecule has 43 heavy (non-hydrogen) atoms. The largest absolute Gasteiger partial charge is 0.490 e. The second-order valence-electron chi connectivity index (χ2n) is 10.6. The van der Waals surface area contributed by atoms with Crippen LogP contribution in [0.4, 0.5) is 0 Å². The molecule has 0 saturated heterocycles. The van der Waals surface area contributed by atoms with Crippen LogP contribution in [0.25, 0.3) is 0 Å². The van der Waals surface area contributed by atoms with Crippen molar-refractivity contribution in [2.75, 3.05) is 0 Å². The summed E-state index contributed by atoms with van der Waals surface area (Å²) in [6.45, 7) is 11.2. The lowest BCUT2D eigenvalue weighted by Gasteiger charge is -2.09. The molecule has 4 atom stereocenters. The number of amides is 2. The standard InChI is InChI=1S/C30H34N6O5S2/c1-15-11-23-13-21(7-9-25(23)39-15)17(3)31-33-27(37)19(5)42-29-35-36-30(41-29)43-20(6)28(38)34-32-18(4)22-8-10-26-24(14-22)12-16(2)40-26/h7-10,13-16,19-20H,11-12H2,1-6H3,(H,33,37)(H,34,38). The van der Waals surface area contributed by atoms with Crippen molar-refractivity contribution in [3.63, 3.8) is 0 Å². The van der Waals surface area contributed by atoms with Gasteiger partial charge in [-0.05, 0) is 100 Å². The van der Waals surface area contributed by atoms with E-state index in [-0.39, 0.29) is 34.5 Å². The van der Waals surface area contributed by atoms with Gasteiger partial charge < -0.3 is 13.9 Å². The molecule has 2 aliphatic rings. The predicted molar refractivity (Wildman–Crippen MR) is 166 cm³/mol. The van der Waals surface area contributed by atoms with Gasteiger partial charge in [0.2, 0.25) is 0 Å². The topological polar surface area (TPSA) is 140 Å².